The molecule has 0 aromatic rings. The summed E-state index contributed by atoms with van der Waals surface area (Å²) in [6.45, 7) is 7.50. The van der Waals surface area contributed by atoms with Gasteiger partial charge in [-0.05, 0) is 19.8 Å². The molecule has 2 amide bonds. The van der Waals surface area contributed by atoms with Crippen LogP contribution in [0.3, 0.4) is 0 Å². The zero-order valence-electron chi connectivity index (χ0n) is 9.02. The van der Waals surface area contributed by atoms with Crippen molar-refractivity contribution < 1.29 is 9.59 Å². The Morgan fingerprint density at radius 2 is 1.86 bits per heavy atom. The van der Waals surface area contributed by atoms with Gasteiger partial charge in [0.05, 0.1) is 6.21 Å². The molecule has 0 fully saturated rings. The van der Waals surface area contributed by atoms with Crippen LogP contribution in [0.5, 0.6) is 0 Å². The van der Waals surface area contributed by atoms with Crippen molar-refractivity contribution in [3.8, 4) is 0 Å². The van der Waals surface area contributed by atoms with Crippen LogP contribution in [0.15, 0.2) is 4.99 Å². The topological polar surface area (TPSA) is 49.7 Å². The highest BCUT2D eigenvalue weighted by molar-refractivity contribution is 6.32. The third kappa shape index (κ3) is 1.84. The summed E-state index contributed by atoms with van der Waals surface area (Å²) >= 11 is 0. The normalized spacial score (nSPS) is 22.7. The van der Waals surface area contributed by atoms with Gasteiger partial charge in [0.1, 0.15) is 6.04 Å². The van der Waals surface area contributed by atoms with Crippen LogP contribution in [0.25, 0.3) is 0 Å². The number of nitrogens with zero attached hydrogens (tertiary/aromatic N) is 2. The van der Waals surface area contributed by atoms with E-state index in [0.717, 1.165) is 0 Å². The van der Waals surface area contributed by atoms with Gasteiger partial charge in [0.25, 0.3) is 11.8 Å². The van der Waals surface area contributed by atoms with Crippen molar-refractivity contribution in [2.24, 2.45) is 10.9 Å². The van der Waals surface area contributed by atoms with Crippen LogP contribution in [0.2, 0.25) is 0 Å². The lowest BCUT2D eigenvalue weighted by Crippen LogP contribution is -2.51. The molecule has 0 radical (unpaired) electrons. The summed E-state index contributed by atoms with van der Waals surface area (Å²) in [6.07, 6.45) is 1.26. The smallest absolute Gasteiger partial charge is 0.271 e. The quantitative estimate of drug-likeness (QED) is 0.615. The molecule has 1 aliphatic rings. The van der Waals surface area contributed by atoms with Crippen LogP contribution < -0.4 is 0 Å². The fourth-order valence-corrected chi connectivity index (χ4v) is 1.49. The number of carbonyl (C=O) groups excluding carboxylic acids is 2. The third-order valence-electron chi connectivity index (χ3n) is 2.22. The lowest BCUT2D eigenvalue weighted by Gasteiger charge is -2.30. The van der Waals surface area contributed by atoms with E-state index in [9.17, 15) is 9.59 Å². The van der Waals surface area contributed by atoms with E-state index in [1.807, 2.05) is 27.7 Å². The van der Waals surface area contributed by atoms with E-state index in [0.29, 0.717) is 0 Å². The first-order chi connectivity index (χ1) is 6.45. The minimum Gasteiger partial charge on any atom is -0.274 e. The first-order valence-electron chi connectivity index (χ1n) is 4.85. The molecular formula is C10H16N2O2. The fraction of sp³-hybridized carbons (Fsp3) is 0.700. The second kappa shape index (κ2) is 3.90. The molecule has 0 bridgehead atoms. The van der Waals surface area contributed by atoms with Crippen LogP contribution in [0, 0.1) is 5.92 Å². The number of rotatable bonds is 2. The number of carbonyl (C=O) groups is 2. The molecule has 1 unspecified atom stereocenters. The first kappa shape index (κ1) is 10.9. The molecule has 0 aromatic carbocycles. The largest absolute Gasteiger partial charge is 0.274 e. The van der Waals surface area contributed by atoms with Gasteiger partial charge in [0.15, 0.2) is 0 Å². The van der Waals surface area contributed by atoms with Crippen molar-refractivity contribution >= 4 is 18.0 Å². The zero-order valence-corrected chi connectivity index (χ0v) is 9.02. The molecule has 0 spiro atoms. The molecule has 0 saturated heterocycles. The Kier molecular flexibility index (Phi) is 3.03. The minimum absolute atomic E-state index is 0.0944. The molecule has 4 heteroatoms. The summed E-state index contributed by atoms with van der Waals surface area (Å²) in [4.78, 5) is 28.4. The molecular weight excluding hydrogens is 180 g/mol. The Hall–Kier alpha value is -1.19. The highest BCUT2D eigenvalue weighted by Gasteiger charge is 2.34. The Bertz CT molecular complexity index is 282. The Labute approximate surface area is 84.0 Å². The summed E-state index contributed by atoms with van der Waals surface area (Å²) in [5.74, 6) is -0.350. The van der Waals surface area contributed by atoms with E-state index < -0.39 is 6.04 Å². The maximum absolute atomic E-state index is 11.8. The highest BCUT2D eigenvalue weighted by atomic mass is 16.2. The van der Waals surface area contributed by atoms with Crippen LogP contribution >= 0.6 is 0 Å². The van der Waals surface area contributed by atoms with Crippen LogP contribution in [0.4, 0.5) is 0 Å². The molecule has 1 atom stereocenters. The zero-order chi connectivity index (χ0) is 10.9. The van der Waals surface area contributed by atoms with Crippen molar-refractivity contribution in [3.63, 3.8) is 0 Å². The Morgan fingerprint density at radius 3 is 2.29 bits per heavy atom. The fourth-order valence-electron chi connectivity index (χ4n) is 1.49. The summed E-state index contributed by atoms with van der Waals surface area (Å²) in [6, 6.07) is -0.488. The molecule has 0 N–H and O–H groups in total. The second-order valence-corrected chi connectivity index (χ2v) is 4.11. The van der Waals surface area contributed by atoms with Gasteiger partial charge >= 0.3 is 0 Å². The molecule has 1 aliphatic heterocycles. The van der Waals surface area contributed by atoms with Gasteiger partial charge in [0, 0.05) is 6.04 Å². The van der Waals surface area contributed by atoms with Crippen molar-refractivity contribution in [2.75, 3.05) is 0 Å². The monoisotopic (exact) mass is 196 g/mol. The van der Waals surface area contributed by atoms with Crippen LogP contribution in [-0.4, -0.2) is 35.0 Å². The van der Waals surface area contributed by atoms with E-state index in [-0.39, 0.29) is 23.8 Å². The molecule has 1 heterocycles. The van der Waals surface area contributed by atoms with Crippen LogP contribution in [0.1, 0.15) is 27.7 Å². The predicted octanol–water partition coefficient (Wildman–Crippen LogP) is 0.859. The second-order valence-electron chi connectivity index (χ2n) is 4.11. The average Bonchev–Trinajstić information content (AvgIpc) is 2.02. The van der Waals surface area contributed by atoms with E-state index in [2.05, 4.69) is 4.99 Å². The molecule has 0 aromatic heterocycles. The number of amides is 2. The van der Waals surface area contributed by atoms with Gasteiger partial charge in [-0.1, -0.05) is 13.8 Å². The molecule has 4 nitrogen and oxygen atoms in total. The first-order valence-corrected chi connectivity index (χ1v) is 4.85. The third-order valence-corrected chi connectivity index (χ3v) is 2.22. The molecule has 1 rings (SSSR count). The van der Waals surface area contributed by atoms with Gasteiger partial charge in [-0.3, -0.25) is 19.5 Å². The lowest BCUT2D eigenvalue weighted by molar-refractivity contribution is -0.145. The van der Waals surface area contributed by atoms with Crippen molar-refractivity contribution in [1.29, 1.82) is 0 Å². The number of aliphatic imine (C=N–C) groups is 1. The number of hydrogen-bond donors (Lipinski definition) is 0. The van der Waals surface area contributed by atoms with Gasteiger partial charge < -0.3 is 0 Å². The summed E-state index contributed by atoms with van der Waals surface area (Å²) < 4.78 is 0. The van der Waals surface area contributed by atoms with Crippen molar-refractivity contribution in [1.82, 2.24) is 4.90 Å². The SMILES string of the molecule is CC(C)C1N=CC(=O)N(C(C)C)C1=O. The molecule has 0 aliphatic carbocycles. The highest BCUT2D eigenvalue weighted by Crippen LogP contribution is 2.15. The Morgan fingerprint density at radius 1 is 1.29 bits per heavy atom. The van der Waals surface area contributed by atoms with E-state index in [4.69, 9.17) is 0 Å². The van der Waals surface area contributed by atoms with Crippen LogP contribution in [-0.2, 0) is 9.59 Å². The van der Waals surface area contributed by atoms with E-state index in [1.165, 1.54) is 11.1 Å². The predicted molar refractivity (Wildman–Crippen MR) is 54.1 cm³/mol. The maximum Gasteiger partial charge on any atom is 0.271 e. The standard InChI is InChI=1S/C10H16N2O2/c1-6(2)9-10(14)12(7(3)4)8(13)5-11-9/h5-7,9H,1-4H3. The van der Waals surface area contributed by atoms with Gasteiger partial charge in [0.2, 0.25) is 0 Å². The lowest BCUT2D eigenvalue weighted by atomic mass is 10.0. The van der Waals surface area contributed by atoms with Crippen molar-refractivity contribution in [3.05, 3.63) is 0 Å². The molecule has 78 valence electrons. The van der Waals surface area contributed by atoms with Gasteiger partial charge in [-0.25, -0.2) is 0 Å². The molecule has 0 saturated carbocycles. The summed E-state index contributed by atoms with van der Waals surface area (Å²) in [7, 11) is 0. The summed E-state index contributed by atoms with van der Waals surface area (Å²) in [5.41, 5.74) is 0. The van der Waals surface area contributed by atoms with E-state index in [1.54, 1.807) is 0 Å². The van der Waals surface area contributed by atoms with Crippen molar-refractivity contribution in [2.45, 2.75) is 39.8 Å². The van der Waals surface area contributed by atoms with E-state index >= 15 is 0 Å². The Balaban J connectivity index is 2.96. The maximum atomic E-state index is 11.8. The average molecular weight is 196 g/mol. The van der Waals surface area contributed by atoms with Gasteiger partial charge in [-0.15, -0.1) is 0 Å². The number of hydrogen-bond acceptors (Lipinski definition) is 3. The molecule has 14 heavy (non-hydrogen) atoms. The number of imide groups is 1. The summed E-state index contributed by atoms with van der Waals surface area (Å²) in [5, 5.41) is 0. The minimum atomic E-state index is -0.393. The van der Waals surface area contributed by atoms with Gasteiger partial charge in [-0.2, -0.15) is 0 Å².